The van der Waals surface area contributed by atoms with Gasteiger partial charge in [0, 0.05) is 43.4 Å². The molecule has 4 aromatic rings. The first-order chi connectivity index (χ1) is 14.7. The lowest BCUT2D eigenvalue weighted by Gasteiger charge is -2.35. The van der Waals surface area contributed by atoms with Crippen molar-refractivity contribution in [2.75, 3.05) is 31.1 Å². The maximum atomic E-state index is 12.6. The normalized spacial score (nSPS) is 14.3. The van der Waals surface area contributed by atoms with Crippen molar-refractivity contribution in [2.24, 2.45) is 0 Å². The van der Waals surface area contributed by atoms with Crippen molar-refractivity contribution in [2.45, 2.75) is 0 Å². The Hall–Kier alpha value is -3.52. The molecule has 1 saturated heterocycles. The molecule has 0 saturated carbocycles. The number of hydrogen-bond acceptors (Lipinski definition) is 6. The second-order valence-electron chi connectivity index (χ2n) is 7.07. The molecule has 150 valence electrons. The SMILES string of the molecule is O=C(c1ccccc1)N1CCN(c2cc(=O)n3nc(-c4ccccc4)sc3n2)CC1. The summed E-state index contributed by atoms with van der Waals surface area (Å²) in [5, 5.41) is 5.19. The minimum Gasteiger partial charge on any atom is -0.353 e. The van der Waals surface area contributed by atoms with Crippen molar-refractivity contribution in [3.8, 4) is 10.6 Å². The van der Waals surface area contributed by atoms with Crippen LogP contribution in [0.25, 0.3) is 15.5 Å². The van der Waals surface area contributed by atoms with E-state index in [1.54, 1.807) is 0 Å². The van der Waals surface area contributed by atoms with Crippen LogP contribution >= 0.6 is 11.3 Å². The Morgan fingerprint density at radius 2 is 1.57 bits per heavy atom. The number of nitrogens with zero attached hydrogens (tertiary/aromatic N) is 5. The summed E-state index contributed by atoms with van der Waals surface area (Å²) in [5.41, 5.74) is 1.46. The highest BCUT2D eigenvalue weighted by Crippen LogP contribution is 2.25. The highest BCUT2D eigenvalue weighted by Gasteiger charge is 2.23. The zero-order valence-corrected chi connectivity index (χ0v) is 17.0. The summed E-state index contributed by atoms with van der Waals surface area (Å²) in [6, 6.07) is 20.6. The molecule has 1 aliphatic heterocycles. The van der Waals surface area contributed by atoms with Gasteiger partial charge in [0.05, 0.1) is 0 Å². The number of carbonyl (C=O) groups excluding carboxylic acids is 1. The van der Waals surface area contributed by atoms with Gasteiger partial charge in [-0.1, -0.05) is 59.9 Å². The monoisotopic (exact) mass is 417 g/mol. The maximum absolute atomic E-state index is 12.6. The van der Waals surface area contributed by atoms with E-state index in [0.717, 1.165) is 10.6 Å². The first-order valence-electron chi connectivity index (χ1n) is 9.75. The van der Waals surface area contributed by atoms with E-state index in [9.17, 15) is 9.59 Å². The van der Waals surface area contributed by atoms with Gasteiger partial charge in [-0.15, -0.1) is 0 Å². The van der Waals surface area contributed by atoms with Crippen molar-refractivity contribution < 1.29 is 4.79 Å². The van der Waals surface area contributed by atoms with E-state index in [-0.39, 0.29) is 11.5 Å². The lowest BCUT2D eigenvalue weighted by molar-refractivity contribution is 0.0746. The van der Waals surface area contributed by atoms with Gasteiger partial charge in [-0.3, -0.25) is 9.59 Å². The maximum Gasteiger partial charge on any atom is 0.277 e. The highest BCUT2D eigenvalue weighted by atomic mass is 32.1. The summed E-state index contributed by atoms with van der Waals surface area (Å²) in [6.45, 7) is 2.44. The first kappa shape index (κ1) is 18.5. The molecule has 0 aliphatic carbocycles. The molecule has 7 nitrogen and oxygen atoms in total. The molecule has 0 atom stereocenters. The third-order valence-electron chi connectivity index (χ3n) is 5.16. The number of rotatable bonds is 3. The van der Waals surface area contributed by atoms with Crippen LogP contribution in [0.1, 0.15) is 10.4 Å². The van der Waals surface area contributed by atoms with Gasteiger partial charge in [-0.2, -0.15) is 9.61 Å². The van der Waals surface area contributed by atoms with Crippen LogP contribution in [0, 0.1) is 0 Å². The summed E-state index contributed by atoms with van der Waals surface area (Å²) in [5.74, 6) is 0.670. The molecule has 0 N–H and O–H groups in total. The molecule has 2 aromatic carbocycles. The molecule has 8 heteroatoms. The highest BCUT2D eigenvalue weighted by molar-refractivity contribution is 7.19. The number of benzene rings is 2. The van der Waals surface area contributed by atoms with Crippen molar-refractivity contribution >= 4 is 28.0 Å². The molecule has 30 heavy (non-hydrogen) atoms. The molecule has 5 rings (SSSR count). The van der Waals surface area contributed by atoms with Crippen molar-refractivity contribution in [3.63, 3.8) is 0 Å². The predicted octanol–water partition coefficient (Wildman–Crippen LogP) is 2.78. The fourth-order valence-corrected chi connectivity index (χ4v) is 4.47. The largest absolute Gasteiger partial charge is 0.353 e. The van der Waals surface area contributed by atoms with E-state index in [2.05, 4.69) is 15.0 Å². The Morgan fingerprint density at radius 3 is 2.27 bits per heavy atom. The van der Waals surface area contributed by atoms with Crippen LogP contribution in [0.4, 0.5) is 5.82 Å². The Bertz CT molecular complexity index is 1250. The summed E-state index contributed by atoms with van der Waals surface area (Å²) in [6.07, 6.45) is 0. The topological polar surface area (TPSA) is 70.8 Å². The van der Waals surface area contributed by atoms with Crippen LogP contribution in [0.5, 0.6) is 0 Å². The average Bonchev–Trinajstić information content (AvgIpc) is 3.25. The van der Waals surface area contributed by atoms with Crippen molar-refractivity contribution in [1.82, 2.24) is 19.5 Å². The number of piperazine rings is 1. The third-order valence-corrected chi connectivity index (χ3v) is 6.12. The van der Waals surface area contributed by atoms with Gasteiger partial charge < -0.3 is 9.80 Å². The van der Waals surface area contributed by atoms with Gasteiger partial charge >= 0.3 is 0 Å². The summed E-state index contributed by atoms with van der Waals surface area (Å²) in [4.78, 5) is 34.4. The van der Waals surface area contributed by atoms with Crippen LogP contribution in [0.15, 0.2) is 71.5 Å². The minimum atomic E-state index is -0.198. The van der Waals surface area contributed by atoms with Gasteiger partial charge in [0.1, 0.15) is 10.8 Å². The van der Waals surface area contributed by atoms with Gasteiger partial charge in [0.15, 0.2) is 0 Å². The van der Waals surface area contributed by atoms with Crippen LogP contribution in [0.2, 0.25) is 0 Å². The molecule has 3 heterocycles. The number of anilines is 1. The Morgan fingerprint density at radius 1 is 0.900 bits per heavy atom. The number of hydrogen-bond donors (Lipinski definition) is 0. The molecule has 1 fully saturated rings. The second kappa shape index (κ2) is 7.72. The second-order valence-corrected chi connectivity index (χ2v) is 8.02. The van der Waals surface area contributed by atoms with Crippen molar-refractivity contribution in [1.29, 1.82) is 0 Å². The van der Waals surface area contributed by atoms with Crippen LogP contribution < -0.4 is 10.5 Å². The molecule has 0 unspecified atom stereocenters. The molecule has 0 radical (unpaired) electrons. The zero-order valence-electron chi connectivity index (χ0n) is 16.1. The fraction of sp³-hybridized carbons (Fsp3) is 0.182. The standard InChI is InChI=1S/C22H19N5O2S/c28-19-15-18(23-22-27(19)24-20(30-22)16-7-3-1-4-8-16)25-11-13-26(14-12-25)21(29)17-9-5-2-6-10-17/h1-10,15H,11-14H2. The van der Waals surface area contributed by atoms with Crippen LogP contribution in [0.3, 0.4) is 0 Å². The molecule has 0 spiro atoms. The smallest absolute Gasteiger partial charge is 0.277 e. The van der Waals surface area contributed by atoms with E-state index in [0.29, 0.717) is 42.5 Å². The Kier molecular flexibility index (Phi) is 4.76. The minimum absolute atomic E-state index is 0.0358. The molecular formula is C22H19N5O2S. The van der Waals surface area contributed by atoms with E-state index in [4.69, 9.17) is 0 Å². The Labute approximate surface area is 176 Å². The number of fused-ring (bicyclic) bond motifs is 1. The first-order valence-corrected chi connectivity index (χ1v) is 10.6. The lowest BCUT2D eigenvalue weighted by Crippen LogP contribution is -2.49. The van der Waals surface area contributed by atoms with Gasteiger partial charge in [0.25, 0.3) is 11.5 Å². The van der Waals surface area contributed by atoms with Crippen LogP contribution in [-0.2, 0) is 0 Å². The Balaban J connectivity index is 1.36. The quantitative estimate of drug-likeness (QED) is 0.513. The third kappa shape index (κ3) is 3.46. The summed E-state index contributed by atoms with van der Waals surface area (Å²) < 4.78 is 1.35. The molecule has 1 aliphatic rings. The molecule has 1 amide bonds. The molecule has 0 bridgehead atoms. The van der Waals surface area contributed by atoms with E-state index in [1.165, 1.54) is 21.9 Å². The van der Waals surface area contributed by atoms with E-state index < -0.39 is 0 Å². The van der Waals surface area contributed by atoms with Gasteiger partial charge in [-0.05, 0) is 12.1 Å². The van der Waals surface area contributed by atoms with Gasteiger partial charge in [-0.25, -0.2) is 4.98 Å². The van der Waals surface area contributed by atoms with Crippen LogP contribution in [-0.4, -0.2) is 51.6 Å². The summed E-state index contributed by atoms with van der Waals surface area (Å²) >= 11 is 1.39. The summed E-state index contributed by atoms with van der Waals surface area (Å²) in [7, 11) is 0. The fourth-order valence-electron chi connectivity index (χ4n) is 3.56. The zero-order chi connectivity index (χ0) is 20.5. The average molecular weight is 417 g/mol. The predicted molar refractivity (Wildman–Crippen MR) is 117 cm³/mol. The molecular weight excluding hydrogens is 398 g/mol. The van der Waals surface area contributed by atoms with Gasteiger partial charge in [0.2, 0.25) is 4.96 Å². The number of amides is 1. The number of carbonyl (C=O) groups is 1. The van der Waals surface area contributed by atoms with E-state index >= 15 is 0 Å². The van der Waals surface area contributed by atoms with E-state index in [1.807, 2.05) is 65.6 Å². The molecule has 2 aromatic heterocycles. The number of aromatic nitrogens is 3. The lowest BCUT2D eigenvalue weighted by atomic mass is 10.2. The van der Waals surface area contributed by atoms with Crippen molar-refractivity contribution in [3.05, 3.63) is 82.6 Å².